The molecule has 0 spiro atoms. The van der Waals surface area contributed by atoms with Crippen LogP contribution in [0.25, 0.3) is 0 Å². The molecule has 130 valence electrons. The average Bonchev–Trinajstić information content (AvgIpc) is 2.66. The van der Waals surface area contributed by atoms with Crippen molar-refractivity contribution >= 4 is 17.5 Å². The van der Waals surface area contributed by atoms with Crippen molar-refractivity contribution < 1.29 is 9.53 Å². The Kier molecular flexibility index (Phi) is 4.63. The van der Waals surface area contributed by atoms with Crippen molar-refractivity contribution in [2.75, 3.05) is 6.54 Å². The van der Waals surface area contributed by atoms with Crippen LogP contribution in [-0.2, 0) is 11.2 Å². The first-order chi connectivity index (χ1) is 12.7. The van der Waals surface area contributed by atoms with Gasteiger partial charge in [0.1, 0.15) is 11.5 Å². The van der Waals surface area contributed by atoms with Gasteiger partial charge in [-0.2, -0.15) is 0 Å². The highest BCUT2D eigenvalue weighted by atomic mass is 35.5. The van der Waals surface area contributed by atoms with Crippen LogP contribution in [-0.4, -0.2) is 12.5 Å². The first kappa shape index (κ1) is 16.7. The van der Waals surface area contributed by atoms with Gasteiger partial charge in [-0.15, -0.1) is 0 Å². The standard InChI is InChI=1S/C22H18ClNO2/c23-16-7-5-6-15(14-16)12-13-24-22(25)21-17-8-1-3-10-19(17)26-20-11-4-2-9-18(20)21/h1-11,14,21H,12-13H2,(H,24,25). The number of ether oxygens (including phenoxy) is 1. The quantitative estimate of drug-likeness (QED) is 0.713. The van der Waals surface area contributed by atoms with Crippen molar-refractivity contribution in [1.82, 2.24) is 5.32 Å². The molecule has 3 nitrogen and oxygen atoms in total. The summed E-state index contributed by atoms with van der Waals surface area (Å²) in [5.74, 6) is 1.09. The van der Waals surface area contributed by atoms with Crippen LogP contribution in [0.15, 0.2) is 72.8 Å². The van der Waals surface area contributed by atoms with E-state index < -0.39 is 0 Å². The highest BCUT2D eigenvalue weighted by Gasteiger charge is 2.32. The van der Waals surface area contributed by atoms with Gasteiger partial charge < -0.3 is 10.1 Å². The van der Waals surface area contributed by atoms with Gasteiger partial charge in [0.15, 0.2) is 0 Å². The maximum Gasteiger partial charge on any atom is 0.232 e. The number of nitrogens with one attached hydrogen (secondary N) is 1. The molecule has 4 rings (SSSR count). The minimum atomic E-state index is -0.365. The molecular formula is C22H18ClNO2. The third kappa shape index (κ3) is 3.31. The molecule has 0 unspecified atom stereocenters. The van der Waals surface area contributed by atoms with Gasteiger partial charge in [-0.3, -0.25) is 4.79 Å². The number of halogens is 1. The first-order valence-electron chi connectivity index (χ1n) is 8.60. The minimum absolute atomic E-state index is 0.0183. The lowest BCUT2D eigenvalue weighted by atomic mass is 9.87. The van der Waals surface area contributed by atoms with Crippen LogP contribution in [0.5, 0.6) is 11.5 Å². The normalized spacial score (nSPS) is 12.7. The van der Waals surface area contributed by atoms with Crippen LogP contribution < -0.4 is 10.1 Å². The SMILES string of the molecule is O=C(NCCc1cccc(Cl)c1)C1c2ccccc2Oc2ccccc21. The number of benzene rings is 3. The van der Waals surface area contributed by atoms with Crippen LogP contribution in [0.4, 0.5) is 0 Å². The van der Waals surface area contributed by atoms with E-state index in [2.05, 4.69) is 5.32 Å². The van der Waals surface area contributed by atoms with Crippen molar-refractivity contribution in [3.63, 3.8) is 0 Å². The van der Waals surface area contributed by atoms with E-state index in [1.807, 2.05) is 72.8 Å². The number of hydrogen-bond donors (Lipinski definition) is 1. The minimum Gasteiger partial charge on any atom is -0.457 e. The van der Waals surface area contributed by atoms with Crippen LogP contribution in [0.3, 0.4) is 0 Å². The Labute approximate surface area is 157 Å². The Morgan fingerprint density at radius 1 is 0.923 bits per heavy atom. The second-order valence-electron chi connectivity index (χ2n) is 6.28. The zero-order chi connectivity index (χ0) is 17.9. The van der Waals surface area contributed by atoms with Crippen LogP contribution in [0, 0.1) is 0 Å². The molecule has 0 fully saturated rings. The molecule has 4 heteroatoms. The Balaban J connectivity index is 1.54. The molecule has 0 radical (unpaired) electrons. The molecule has 0 saturated heterocycles. The summed E-state index contributed by atoms with van der Waals surface area (Å²) in [6.07, 6.45) is 0.735. The molecule has 1 aliphatic heterocycles. The van der Waals surface area contributed by atoms with E-state index in [-0.39, 0.29) is 11.8 Å². The molecule has 1 aliphatic rings. The summed E-state index contributed by atoms with van der Waals surface area (Å²) in [5, 5.41) is 3.77. The van der Waals surface area contributed by atoms with Gasteiger partial charge in [0.25, 0.3) is 0 Å². The van der Waals surface area contributed by atoms with Gasteiger partial charge in [-0.25, -0.2) is 0 Å². The third-order valence-electron chi connectivity index (χ3n) is 4.54. The summed E-state index contributed by atoms with van der Waals surface area (Å²) in [6, 6.07) is 23.1. The average molecular weight is 364 g/mol. The lowest BCUT2D eigenvalue weighted by Gasteiger charge is -2.27. The Hall–Kier alpha value is -2.78. The fourth-order valence-electron chi connectivity index (χ4n) is 3.32. The number of fused-ring (bicyclic) bond motifs is 2. The van der Waals surface area contributed by atoms with E-state index in [4.69, 9.17) is 16.3 Å². The molecule has 3 aromatic rings. The van der Waals surface area contributed by atoms with Gasteiger partial charge in [-0.1, -0.05) is 60.1 Å². The van der Waals surface area contributed by atoms with Crippen LogP contribution in [0.1, 0.15) is 22.6 Å². The summed E-state index contributed by atoms with van der Waals surface area (Å²) < 4.78 is 5.95. The van der Waals surface area contributed by atoms with E-state index >= 15 is 0 Å². The number of hydrogen-bond acceptors (Lipinski definition) is 2. The number of amides is 1. The molecule has 3 aromatic carbocycles. The van der Waals surface area contributed by atoms with Gasteiger partial charge in [-0.05, 0) is 36.2 Å². The molecule has 26 heavy (non-hydrogen) atoms. The molecule has 0 aromatic heterocycles. The number of carbonyl (C=O) groups is 1. The molecule has 1 amide bonds. The van der Waals surface area contributed by atoms with Crippen molar-refractivity contribution in [2.24, 2.45) is 0 Å². The highest BCUT2D eigenvalue weighted by Crippen LogP contribution is 2.43. The number of para-hydroxylation sites is 2. The van der Waals surface area contributed by atoms with Crippen molar-refractivity contribution in [3.05, 3.63) is 94.5 Å². The summed E-state index contributed by atoms with van der Waals surface area (Å²) in [4.78, 5) is 13.0. The van der Waals surface area contributed by atoms with Gasteiger partial charge in [0, 0.05) is 22.7 Å². The van der Waals surface area contributed by atoms with E-state index in [1.165, 1.54) is 0 Å². The third-order valence-corrected chi connectivity index (χ3v) is 4.78. The predicted molar refractivity (Wildman–Crippen MR) is 103 cm³/mol. The maximum atomic E-state index is 13.0. The summed E-state index contributed by atoms with van der Waals surface area (Å²) in [5.41, 5.74) is 2.89. The Bertz CT molecular complexity index is 909. The second kappa shape index (κ2) is 7.22. The van der Waals surface area contributed by atoms with Crippen LogP contribution >= 0.6 is 11.6 Å². The summed E-state index contributed by atoms with van der Waals surface area (Å²) in [7, 11) is 0. The van der Waals surface area contributed by atoms with Gasteiger partial charge in [0.2, 0.25) is 5.91 Å². The largest absolute Gasteiger partial charge is 0.457 e. The fourth-order valence-corrected chi connectivity index (χ4v) is 3.53. The monoisotopic (exact) mass is 363 g/mol. The van der Waals surface area contributed by atoms with Gasteiger partial charge in [0.05, 0.1) is 5.92 Å². The molecule has 0 bridgehead atoms. The molecule has 0 aliphatic carbocycles. The van der Waals surface area contributed by atoms with Crippen LogP contribution in [0.2, 0.25) is 5.02 Å². The van der Waals surface area contributed by atoms with E-state index in [0.29, 0.717) is 11.6 Å². The van der Waals surface area contributed by atoms with Crippen molar-refractivity contribution in [1.29, 1.82) is 0 Å². The predicted octanol–water partition coefficient (Wildman–Crippen LogP) is 4.94. The number of rotatable bonds is 4. The first-order valence-corrected chi connectivity index (χ1v) is 8.98. The van der Waals surface area contributed by atoms with Crippen molar-refractivity contribution in [3.8, 4) is 11.5 Å². The highest BCUT2D eigenvalue weighted by molar-refractivity contribution is 6.30. The molecule has 1 heterocycles. The van der Waals surface area contributed by atoms with Gasteiger partial charge >= 0.3 is 0 Å². The smallest absolute Gasteiger partial charge is 0.232 e. The zero-order valence-corrected chi connectivity index (χ0v) is 14.9. The summed E-state index contributed by atoms with van der Waals surface area (Å²) >= 11 is 6.02. The fraction of sp³-hybridized carbons (Fsp3) is 0.136. The topological polar surface area (TPSA) is 38.3 Å². The summed E-state index contributed by atoms with van der Waals surface area (Å²) in [6.45, 7) is 0.556. The molecule has 0 saturated carbocycles. The van der Waals surface area contributed by atoms with E-state index in [9.17, 15) is 4.79 Å². The lowest BCUT2D eigenvalue weighted by molar-refractivity contribution is -0.121. The Morgan fingerprint density at radius 2 is 1.58 bits per heavy atom. The molecule has 0 atom stereocenters. The van der Waals surface area contributed by atoms with Crippen molar-refractivity contribution in [2.45, 2.75) is 12.3 Å². The maximum absolute atomic E-state index is 13.0. The molecular weight excluding hydrogens is 346 g/mol. The Morgan fingerprint density at radius 3 is 2.23 bits per heavy atom. The van der Waals surface area contributed by atoms with E-state index in [1.54, 1.807) is 0 Å². The van der Waals surface area contributed by atoms with E-state index in [0.717, 1.165) is 34.6 Å². The lowest BCUT2D eigenvalue weighted by Crippen LogP contribution is -2.33. The molecule has 1 N–H and O–H groups in total. The number of carbonyl (C=O) groups excluding carboxylic acids is 1. The zero-order valence-electron chi connectivity index (χ0n) is 14.1. The second-order valence-corrected chi connectivity index (χ2v) is 6.72.